The molecule has 0 spiro atoms. The summed E-state index contributed by atoms with van der Waals surface area (Å²) in [5.74, 6) is 1.44. The highest BCUT2D eigenvalue weighted by Crippen LogP contribution is 2.35. The predicted octanol–water partition coefficient (Wildman–Crippen LogP) is 4.43. The Morgan fingerprint density at radius 2 is 1.50 bits per heavy atom. The van der Waals surface area contributed by atoms with Crippen LogP contribution in [0.15, 0.2) is 0 Å². The van der Waals surface area contributed by atoms with E-state index in [1.165, 1.54) is 44.9 Å². The van der Waals surface area contributed by atoms with Gasteiger partial charge in [-0.2, -0.15) is 0 Å². The van der Waals surface area contributed by atoms with Crippen LogP contribution in [-0.4, -0.2) is 29.6 Å². The molecule has 0 saturated heterocycles. The Bertz CT molecular complexity index is 244. The van der Waals surface area contributed by atoms with Gasteiger partial charge in [0.15, 0.2) is 0 Å². The maximum absolute atomic E-state index is 6.35. The maximum atomic E-state index is 6.35. The fraction of sp³-hybridized carbons (Fsp3) is 1.00. The fourth-order valence-electron chi connectivity index (χ4n) is 4.50. The average Bonchev–Trinajstić information content (AvgIpc) is 2.39. The van der Waals surface area contributed by atoms with Crippen molar-refractivity contribution < 1.29 is 0 Å². The monoisotopic (exact) mass is 282 g/mol. The van der Waals surface area contributed by atoms with E-state index in [-0.39, 0.29) is 5.54 Å². The number of likely N-dealkylation sites (N-methyl/N-ethyl adjacent to an activating group) is 1. The quantitative estimate of drug-likeness (QED) is 0.713. The van der Waals surface area contributed by atoms with Crippen molar-refractivity contribution in [2.75, 3.05) is 13.1 Å². The van der Waals surface area contributed by atoms with E-state index in [2.05, 4.69) is 39.5 Å². The second kappa shape index (κ2) is 8.38. The van der Waals surface area contributed by atoms with Crippen LogP contribution in [0.4, 0.5) is 0 Å². The van der Waals surface area contributed by atoms with E-state index in [0.29, 0.717) is 0 Å². The standard InChI is InChI=1S/C18H38N2/c1-6-20(17-10-8-7-9-11-17)18(14-19,12-15(2)3)13-16(4)5/h15-17H,6-14,19H2,1-5H3. The second-order valence-corrected chi connectivity index (χ2v) is 7.70. The molecule has 1 rings (SSSR count). The normalized spacial score (nSPS) is 18.4. The van der Waals surface area contributed by atoms with Crippen LogP contribution in [-0.2, 0) is 0 Å². The molecule has 1 fully saturated rings. The summed E-state index contributed by atoms with van der Waals surface area (Å²) in [6, 6.07) is 0.773. The lowest BCUT2D eigenvalue weighted by atomic mass is 9.78. The minimum atomic E-state index is 0.221. The van der Waals surface area contributed by atoms with Gasteiger partial charge in [0.2, 0.25) is 0 Å². The molecule has 0 radical (unpaired) electrons. The van der Waals surface area contributed by atoms with Crippen molar-refractivity contribution in [3.8, 4) is 0 Å². The van der Waals surface area contributed by atoms with Crippen LogP contribution in [0.3, 0.4) is 0 Å². The summed E-state index contributed by atoms with van der Waals surface area (Å²) in [6.45, 7) is 13.7. The molecule has 0 amide bonds. The summed E-state index contributed by atoms with van der Waals surface area (Å²) in [5.41, 5.74) is 6.57. The van der Waals surface area contributed by atoms with Gasteiger partial charge in [0, 0.05) is 18.1 Å². The smallest absolute Gasteiger partial charge is 0.0339 e. The van der Waals surface area contributed by atoms with Gasteiger partial charge >= 0.3 is 0 Å². The number of nitrogens with zero attached hydrogens (tertiary/aromatic N) is 1. The second-order valence-electron chi connectivity index (χ2n) is 7.70. The molecule has 0 atom stereocenters. The molecule has 0 aromatic heterocycles. The topological polar surface area (TPSA) is 29.3 Å². The van der Waals surface area contributed by atoms with Gasteiger partial charge in [0.1, 0.15) is 0 Å². The van der Waals surface area contributed by atoms with Gasteiger partial charge in [-0.3, -0.25) is 4.90 Å². The van der Waals surface area contributed by atoms with Crippen LogP contribution in [0.25, 0.3) is 0 Å². The molecule has 120 valence electrons. The van der Waals surface area contributed by atoms with Crippen LogP contribution >= 0.6 is 0 Å². The number of nitrogens with two attached hydrogens (primary N) is 1. The fourth-order valence-corrected chi connectivity index (χ4v) is 4.50. The zero-order valence-electron chi connectivity index (χ0n) is 14.6. The van der Waals surface area contributed by atoms with Crippen molar-refractivity contribution in [1.82, 2.24) is 4.90 Å². The van der Waals surface area contributed by atoms with Gasteiger partial charge < -0.3 is 5.73 Å². The highest BCUT2D eigenvalue weighted by molar-refractivity contribution is 4.96. The van der Waals surface area contributed by atoms with Gasteiger partial charge in [-0.25, -0.2) is 0 Å². The van der Waals surface area contributed by atoms with Crippen LogP contribution in [0.1, 0.15) is 79.6 Å². The Balaban J connectivity index is 2.95. The molecule has 1 saturated carbocycles. The van der Waals surface area contributed by atoms with E-state index in [9.17, 15) is 0 Å². The van der Waals surface area contributed by atoms with E-state index >= 15 is 0 Å². The first-order chi connectivity index (χ1) is 9.45. The molecular formula is C18H38N2. The zero-order valence-corrected chi connectivity index (χ0v) is 14.6. The van der Waals surface area contributed by atoms with E-state index in [1.54, 1.807) is 0 Å². The molecule has 2 N–H and O–H groups in total. The van der Waals surface area contributed by atoms with Crippen LogP contribution in [0.5, 0.6) is 0 Å². The molecule has 1 aliphatic carbocycles. The summed E-state index contributed by atoms with van der Waals surface area (Å²) in [6.07, 6.45) is 9.49. The third-order valence-electron chi connectivity index (χ3n) is 4.92. The summed E-state index contributed by atoms with van der Waals surface area (Å²) in [5, 5.41) is 0. The third kappa shape index (κ3) is 4.73. The molecule has 0 aliphatic heterocycles. The van der Waals surface area contributed by atoms with Crippen molar-refractivity contribution in [1.29, 1.82) is 0 Å². The van der Waals surface area contributed by atoms with Gasteiger partial charge in [0.25, 0.3) is 0 Å². The molecular weight excluding hydrogens is 244 g/mol. The van der Waals surface area contributed by atoms with Crippen LogP contribution in [0, 0.1) is 11.8 Å². The van der Waals surface area contributed by atoms with Gasteiger partial charge in [-0.15, -0.1) is 0 Å². The van der Waals surface area contributed by atoms with Crippen LogP contribution in [0.2, 0.25) is 0 Å². The minimum Gasteiger partial charge on any atom is -0.329 e. The minimum absolute atomic E-state index is 0.221. The summed E-state index contributed by atoms with van der Waals surface area (Å²) in [4.78, 5) is 2.80. The molecule has 0 unspecified atom stereocenters. The Kier molecular flexibility index (Phi) is 7.53. The Hall–Kier alpha value is -0.0800. The van der Waals surface area contributed by atoms with E-state index in [0.717, 1.165) is 31.0 Å². The number of hydrogen-bond donors (Lipinski definition) is 1. The molecule has 2 nitrogen and oxygen atoms in total. The first-order valence-electron chi connectivity index (χ1n) is 8.92. The Morgan fingerprint density at radius 3 is 1.85 bits per heavy atom. The SMILES string of the molecule is CCN(C1CCCCC1)C(CN)(CC(C)C)CC(C)C. The number of hydrogen-bond acceptors (Lipinski definition) is 2. The molecule has 2 heteroatoms. The highest BCUT2D eigenvalue weighted by Gasteiger charge is 2.39. The molecule has 0 bridgehead atoms. The highest BCUT2D eigenvalue weighted by atomic mass is 15.2. The van der Waals surface area contributed by atoms with E-state index < -0.39 is 0 Å². The lowest BCUT2D eigenvalue weighted by Crippen LogP contribution is -2.59. The van der Waals surface area contributed by atoms with Crippen molar-refractivity contribution in [2.45, 2.75) is 91.1 Å². The maximum Gasteiger partial charge on any atom is 0.0339 e. The lowest BCUT2D eigenvalue weighted by molar-refractivity contribution is 0.00634. The summed E-state index contributed by atoms with van der Waals surface area (Å²) < 4.78 is 0. The van der Waals surface area contributed by atoms with Crippen molar-refractivity contribution in [3.05, 3.63) is 0 Å². The molecule has 0 heterocycles. The van der Waals surface area contributed by atoms with Crippen LogP contribution < -0.4 is 5.73 Å². The largest absolute Gasteiger partial charge is 0.329 e. The lowest BCUT2D eigenvalue weighted by Gasteiger charge is -2.50. The van der Waals surface area contributed by atoms with Crippen molar-refractivity contribution >= 4 is 0 Å². The Morgan fingerprint density at radius 1 is 1.00 bits per heavy atom. The first kappa shape index (κ1) is 18.0. The number of rotatable bonds is 8. The van der Waals surface area contributed by atoms with E-state index in [4.69, 9.17) is 5.73 Å². The zero-order chi connectivity index (χ0) is 15.2. The van der Waals surface area contributed by atoms with Crippen molar-refractivity contribution in [2.24, 2.45) is 17.6 Å². The average molecular weight is 283 g/mol. The predicted molar refractivity (Wildman–Crippen MR) is 89.9 cm³/mol. The van der Waals surface area contributed by atoms with Gasteiger partial charge in [-0.05, 0) is 44.1 Å². The summed E-state index contributed by atoms with van der Waals surface area (Å²) >= 11 is 0. The first-order valence-corrected chi connectivity index (χ1v) is 8.92. The molecule has 1 aliphatic rings. The Labute approximate surface area is 127 Å². The van der Waals surface area contributed by atoms with Gasteiger partial charge in [0.05, 0.1) is 0 Å². The third-order valence-corrected chi connectivity index (χ3v) is 4.92. The van der Waals surface area contributed by atoms with Crippen molar-refractivity contribution in [3.63, 3.8) is 0 Å². The van der Waals surface area contributed by atoms with Gasteiger partial charge in [-0.1, -0.05) is 53.9 Å². The molecule has 20 heavy (non-hydrogen) atoms. The molecule has 0 aromatic carbocycles. The van der Waals surface area contributed by atoms with E-state index in [1.807, 2.05) is 0 Å². The summed E-state index contributed by atoms with van der Waals surface area (Å²) in [7, 11) is 0. The molecule has 0 aromatic rings.